The first-order chi connectivity index (χ1) is 13.8. The van der Waals surface area contributed by atoms with Gasteiger partial charge < -0.3 is 15.1 Å². The zero-order chi connectivity index (χ0) is 20.9. The second-order valence-electron chi connectivity index (χ2n) is 6.27. The number of nitrogens with one attached hydrogen (secondary N) is 2. The van der Waals surface area contributed by atoms with E-state index in [0.29, 0.717) is 11.3 Å². The van der Waals surface area contributed by atoms with E-state index in [1.807, 2.05) is 6.07 Å². The second kappa shape index (κ2) is 8.72. The maximum Gasteiger partial charge on any atom is 0.291 e. The third-order valence-corrected chi connectivity index (χ3v) is 4.97. The van der Waals surface area contributed by atoms with Gasteiger partial charge in [-0.1, -0.05) is 24.3 Å². The molecule has 8 nitrogen and oxygen atoms in total. The Morgan fingerprint density at radius 3 is 2.38 bits per heavy atom. The topological polar surface area (TPSA) is 132 Å². The van der Waals surface area contributed by atoms with E-state index in [4.69, 9.17) is 9.56 Å². The van der Waals surface area contributed by atoms with E-state index in [1.54, 1.807) is 42.5 Å². The van der Waals surface area contributed by atoms with Crippen LogP contribution in [0.3, 0.4) is 0 Å². The van der Waals surface area contributed by atoms with Crippen molar-refractivity contribution in [2.45, 2.75) is 17.9 Å². The highest BCUT2D eigenvalue weighted by atomic mass is 32.2. The van der Waals surface area contributed by atoms with E-state index in [9.17, 15) is 18.0 Å². The Hall–Kier alpha value is -3.43. The number of furan rings is 1. The number of carbonyl (C=O) groups is 2. The van der Waals surface area contributed by atoms with Gasteiger partial charge in [-0.25, -0.2) is 13.6 Å². The molecule has 0 unspecified atom stereocenters. The average molecular weight is 413 g/mol. The molecule has 1 aromatic heterocycles. The first-order valence-electron chi connectivity index (χ1n) is 8.63. The van der Waals surface area contributed by atoms with Gasteiger partial charge in [-0.3, -0.25) is 9.59 Å². The number of sulfonamides is 1. The number of anilines is 1. The molecule has 0 aliphatic rings. The predicted octanol–water partition coefficient (Wildman–Crippen LogP) is 2.04. The molecule has 0 spiro atoms. The zero-order valence-electron chi connectivity index (χ0n) is 15.3. The van der Waals surface area contributed by atoms with Gasteiger partial charge in [0.15, 0.2) is 5.76 Å². The lowest BCUT2D eigenvalue weighted by Crippen LogP contribution is -2.24. The van der Waals surface area contributed by atoms with E-state index >= 15 is 0 Å². The summed E-state index contributed by atoms with van der Waals surface area (Å²) in [5.74, 6) is -0.380. The Balaban J connectivity index is 1.54. The van der Waals surface area contributed by atoms with Gasteiger partial charge in [0, 0.05) is 12.2 Å². The number of rotatable bonds is 7. The molecule has 9 heteroatoms. The number of primary sulfonamides is 1. The van der Waals surface area contributed by atoms with Crippen LogP contribution in [0.25, 0.3) is 0 Å². The highest BCUT2D eigenvalue weighted by molar-refractivity contribution is 7.89. The number of hydrogen-bond donors (Lipinski definition) is 3. The number of nitrogens with two attached hydrogens (primary N) is 1. The van der Waals surface area contributed by atoms with Crippen molar-refractivity contribution in [1.82, 2.24) is 5.32 Å². The lowest BCUT2D eigenvalue weighted by Gasteiger charge is -2.08. The summed E-state index contributed by atoms with van der Waals surface area (Å²) in [5.41, 5.74) is 2.05. The van der Waals surface area contributed by atoms with Gasteiger partial charge in [-0.05, 0) is 47.5 Å². The summed E-state index contributed by atoms with van der Waals surface area (Å²) in [6, 6.07) is 16.1. The van der Waals surface area contributed by atoms with E-state index in [-0.39, 0.29) is 35.4 Å². The molecule has 0 aliphatic carbocycles. The molecule has 29 heavy (non-hydrogen) atoms. The van der Waals surface area contributed by atoms with E-state index in [2.05, 4.69) is 10.6 Å². The largest absolute Gasteiger partial charge is 0.459 e. The van der Waals surface area contributed by atoms with Crippen LogP contribution in [0.5, 0.6) is 0 Å². The molecule has 0 saturated heterocycles. The standard InChI is InChI=1S/C20H19N3O5S/c21-29(26,27)17-8-6-14(7-9-17)12-19(24)22-13-15-3-1-4-16(11-15)23-20(25)18-5-2-10-28-18/h1-11H,12-13H2,(H,22,24)(H,23,25)(H2,21,26,27). The summed E-state index contributed by atoms with van der Waals surface area (Å²) in [6.45, 7) is 0.276. The SMILES string of the molecule is NS(=O)(=O)c1ccc(CC(=O)NCc2cccc(NC(=O)c3ccco3)c2)cc1. The van der Waals surface area contributed by atoms with Crippen LogP contribution < -0.4 is 15.8 Å². The lowest BCUT2D eigenvalue weighted by molar-refractivity contribution is -0.120. The molecule has 1 heterocycles. The molecule has 0 fully saturated rings. The molecule has 0 radical (unpaired) electrons. The van der Waals surface area contributed by atoms with Crippen molar-refractivity contribution < 1.29 is 22.4 Å². The molecular formula is C20H19N3O5S. The van der Waals surface area contributed by atoms with Crippen molar-refractivity contribution >= 4 is 27.5 Å². The van der Waals surface area contributed by atoms with Gasteiger partial charge in [-0.2, -0.15) is 0 Å². The normalized spacial score (nSPS) is 11.1. The van der Waals surface area contributed by atoms with Crippen LogP contribution in [-0.2, 0) is 27.8 Å². The summed E-state index contributed by atoms with van der Waals surface area (Å²) < 4.78 is 27.6. The minimum absolute atomic E-state index is 0.00457. The quantitative estimate of drug-likeness (QED) is 0.545. The van der Waals surface area contributed by atoms with E-state index in [1.165, 1.54) is 18.4 Å². The third-order valence-electron chi connectivity index (χ3n) is 4.04. The Bertz CT molecular complexity index is 1110. The molecule has 0 bridgehead atoms. The lowest BCUT2D eigenvalue weighted by atomic mass is 10.1. The summed E-state index contributed by atoms with van der Waals surface area (Å²) in [6.07, 6.45) is 1.52. The summed E-state index contributed by atoms with van der Waals surface area (Å²) >= 11 is 0. The predicted molar refractivity (Wildman–Crippen MR) is 106 cm³/mol. The van der Waals surface area contributed by atoms with Gasteiger partial charge in [0.2, 0.25) is 15.9 Å². The minimum Gasteiger partial charge on any atom is -0.459 e. The van der Waals surface area contributed by atoms with Gasteiger partial charge in [0.05, 0.1) is 17.6 Å². The van der Waals surface area contributed by atoms with Crippen LogP contribution in [0.2, 0.25) is 0 Å². The molecule has 150 valence electrons. The Labute approximate surface area is 167 Å². The van der Waals surface area contributed by atoms with Crippen molar-refractivity contribution in [3.8, 4) is 0 Å². The van der Waals surface area contributed by atoms with Gasteiger partial charge in [0.1, 0.15) is 0 Å². The van der Waals surface area contributed by atoms with Crippen molar-refractivity contribution in [3.63, 3.8) is 0 Å². The van der Waals surface area contributed by atoms with Gasteiger partial charge >= 0.3 is 0 Å². The number of hydrogen-bond acceptors (Lipinski definition) is 5. The Morgan fingerprint density at radius 1 is 0.966 bits per heavy atom. The molecule has 0 aliphatic heterocycles. The van der Waals surface area contributed by atoms with Crippen LogP contribution in [0, 0.1) is 0 Å². The average Bonchev–Trinajstić information content (AvgIpc) is 3.21. The summed E-state index contributed by atoms with van der Waals surface area (Å²) in [7, 11) is -3.76. The highest BCUT2D eigenvalue weighted by Crippen LogP contribution is 2.13. The van der Waals surface area contributed by atoms with Crippen LogP contribution in [0.15, 0.2) is 76.2 Å². The Morgan fingerprint density at radius 2 is 1.72 bits per heavy atom. The van der Waals surface area contributed by atoms with Crippen molar-refractivity contribution in [2.24, 2.45) is 5.14 Å². The zero-order valence-corrected chi connectivity index (χ0v) is 16.1. The van der Waals surface area contributed by atoms with Crippen LogP contribution in [0.1, 0.15) is 21.7 Å². The number of carbonyl (C=O) groups excluding carboxylic acids is 2. The molecule has 3 aromatic rings. The molecule has 4 N–H and O–H groups in total. The van der Waals surface area contributed by atoms with Crippen LogP contribution >= 0.6 is 0 Å². The maximum absolute atomic E-state index is 12.1. The van der Waals surface area contributed by atoms with Crippen molar-refractivity contribution in [2.75, 3.05) is 5.32 Å². The minimum atomic E-state index is -3.76. The highest BCUT2D eigenvalue weighted by Gasteiger charge is 2.10. The second-order valence-corrected chi connectivity index (χ2v) is 7.84. The summed E-state index contributed by atoms with van der Waals surface area (Å²) in [4.78, 5) is 24.2. The first-order valence-corrected chi connectivity index (χ1v) is 10.2. The smallest absolute Gasteiger partial charge is 0.291 e. The Kier molecular flexibility index (Phi) is 6.10. The molecule has 2 aromatic carbocycles. The summed E-state index contributed by atoms with van der Waals surface area (Å²) in [5, 5.41) is 10.6. The van der Waals surface area contributed by atoms with Crippen molar-refractivity contribution in [3.05, 3.63) is 83.8 Å². The van der Waals surface area contributed by atoms with Gasteiger partial charge in [-0.15, -0.1) is 0 Å². The molecular weight excluding hydrogens is 394 g/mol. The monoisotopic (exact) mass is 413 g/mol. The van der Waals surface area contributed by atoms with Crippen LogP contribution in [0.4, 0.5) is 5.69 Å². The maximum atomic E-state index is 12.1. The van der Waals surface area contributed by atoms with Crippen LogP contribution in [-0.4, -0.2) is 20.2 Å². The van der Waals surface area contributed by atoms with E-state index in [0.717, 1.165) is 5.56 Å². The molecule has 2 amide bonds. The number of amides is 2. The first kappa shape index (κ1) is 20.3. The third kappa shape index (κ3) is 5.77. The molecule has 0 atom stereocenters. The number of benzene rings is 2. The fraction of sp³-hybridized carbons (Fsp3) is 0.100. The van der Waals surface area contributed by atoms with Crippen molar-refractivity contribution in [1.29, 1.82) is 0 Å². The molecule has 3 rings (SSSR count). The fourth-order valence-corrected chi connectivity index (χ4v) is 3.12. The fourth-order valence-electron chi connectivity index (χ4n) is 2.61. The van der Waals surface area contributed by atoms with E-state index < -0.39 is 10.0 Å². The van der Waals surface area contributed by atoms with Gasteiger partial charge in [0.25, 0.3) is 5.91 Å². The molecule has 0 saturated carbocycles.